The summed E-state index contributed by atoms with van der Waals surface area (Å²) in [6.07, 6.45) is 1.10. The van der Waals surface area contributed by atoms with Gasteiger partial charge >= 0.3 is 5.97 Å². The third-order valence-corrected chi connectivity index (χ3v) is 4.74. The van der Waals surface area contributed by atoms with Gasteiger partial charge in [-0.1, -0.05) is 6.92 Å². The van der Waals surface area contributed by atoms with E-state index in [1.54, 1.807) is 6.92 Å². The molecule has 7 nitrogen and oxygen atoms in total. The molecular weight excluding hydrogens is 308 g/mol. The summed E-state index contributed by atoms with van der Waals surface area (Å²) in [5, 5.41) is 20.8. The van der Waals surface area contributed by atoms with Gasteiger partial charge in [-0.05, 0) is 38.0 Å². The Labute approximate surface area is 130 Å². The van der Waals surface area contributed by atoms with Crippen LogP contribution in [0.25, 0.3) is 0 Å². The first-order chi connectivity index (χ1) is 10.3. The minimum Gasteiger partial charge on any atom is -0.478 e. The summed E-state index contributed by atoms with van der Waals surface area (Å²) in [7, 11) is -3.75. The summed E-state index contributed by atoms with van der Waals surface area (Å²) in [5.41, 5.74) is 0.202. The molecule has 1 unspecified atom stereocenters. The van der Waals surface area contributed by atoms with E-state index in [0.717, 1.165) is 6.07 Å². The number of aliphatic hydroxyl groups excluding tert-OH is 1. The minimum absolute atomic E-state index is 0.0132. The highest BCUT2D eigenvalue weighted by molar-refractivity contribution is 7.89. The summed E-state index contributed by atoms with van der Waals surface area (Å²) in [6, 6.07) is 3.68. The van der Waals surface area contributed by atoms with Gasteiger partial charge in [-0.25, -0.2) is 17.9 Å². The highest BCUT2D eigenvalue weighted by Crippen LogP contribution is 2.21. The Kier molecular flexibility index (Phi) is 6.79. The van der Waals surface area contributed by atoms with E-state index < -0.39 is 16.0 Å². The number of hydrogen-bond donors (Lipinski definition) is 4. The molecule has 0 aliphatic carbocycles. The fraction of sp³-hybridized carbons (Fsp3) is 0.500. The summed E-state index contributed by atoms with van der Waals surface area (Å²) in [5.74, 6) is -1.22. The molecule has 0 saturated carbocycles. The fourth-order valence-electron chi connectivity index (χ4n) is 1.74. The maximum atomic E-state index is 12.2. The maximum absolute atomic E-state index is 12.2. The van der Waals surface area contributed by atoms with Crippen molar-refractivity contribution in [3.05, 3.63) is 23.8 Å². The Morgan fingerprint density at radius 2 is 2.05 bits per heavy atom. The smallest absolute Gasteiger partial charge is 0.337 e. The molecular formula is C14H22N2O5S. The first-order valence-corrected chi connectivity index (χ1v) is 8.54. The molecule has 0 aliphatic rings. The van der Waals surface area contributed by atoms with Crippen molar-refractivity contribution in [2.75, 3.05) is 18.5 Å². The molecule has 1 aromatic carbocycles. The number of carbonyl (C=O) groups is 1. The maximum Gasteiger partial charge on any atom is 0.337 e. The lowest BCUT2D eigenvalue weighted by Crippen LogP contribution is -2.32. The van der Waals surface area contributed by atoms with Crippen LogP contribution in [0.1, 0.15) is 37.0 Å². The van der Waals surface area contributed by atoms with Crippen LogP contribution in [0.15, 0.2) is 23.1 Å². The van der Waals surface area contributed by atoms with Gasteiger partial charge < -0.3 is 15.5 Å². The lowest BCUT2D eigenvalue weighted by Gasteiger charge is -2.14. The number of rotatable bonds is 9. The largest absolute Gasteiger partial charge is 0.478 e. The van der Waals surface area contributed by atoms with Gasteiger partial charge in [0.2, 0.25) is 10.0 Å². The number of benzene rings is 1. The van der Waals surface area contributed by atoms with Crippen LogP contribution in [-0.4, -0.2) is 43.8 Å². The van der Waals surface area contributed by atoms with Crippen molar-refractivity contribution < 1.29 is 23.4 Å². The topological polar surface area (TPSA) is 116 Å². The van der Waals surface area contributed by atoms with E-state index in [1.165, 1.54) is 12.1 Å². The second-order valence-corrected chi connectivity index (χ2v) is 6.66. The van der Waals surface area contributed by atoms with Gasteiger partial charge in [-0.15, -0.1) is 0 Å². The number of sulfonamides is 1. The highest BCUT2D eigenvalue weighted by atomic mass is 32.2. The van der Waals surface area contributed by atoms with Crippen molar-refractivity contribution in [3.63, 3.8) is 0 Å². The van der Waals surface area contributed by atoms with Crippen LogP contribution in [-0.2, 0) is 10.0 Å². The average molecular weight is 330 g/mol. The van der Waals surface area contributed by atoms with E-state index in [4.69, 9.17) is 5.11 Å². The Bertz CT molecular complexity index is 616. The third-order valence-electron chi connectivity index (χ3n) is 3.15. The second kappa shape index (κ2) is 8.11. The van der Waals surface area contributed by atoms with Crippen LogP contribution < -0.4 is 10.0 Å². The Morgan fingerprint density at radius 3 is 2.59 bits per heavy atom. The van der Waals surface area contributed by atoms with Gasteiger partial charge in [0.1, 0.15) is 0 Å². The van der Waals surface area contributed by atoms with Crippen molar-refractivity contribution in [3.8, 4) is 0 Å². The zero-order chi connectivity index (χ0) is 16.8. The van der Waals surface area contributed by atoms with Gasteiger partial charge in [-0.3, -0.25) is 0 Å². The van der Waals surface area contributed by atoms with Crippen molar-refractivity contribution in [1.82, 2.24) is 4.72 Å². The lowest BCUT2D eigenvalue weighted by molar-refractivity contribution is 0.0697. The fourth-order valence-corrected chi connectivity index (χ4v) is 3.09. The van der Waals surface area contributed by atoms with Gasteiger partial charge in [0.15, 0.2) is 0 Å². The van der Waals surface area contributed by atoms with Crippen LogP contribution in [0.5, 0.6) is 0 Å². The Hall–Kier alpha value is -1.64. The SMILES string of the molecule is CCC(C)NS(=O)(=O)c1ccc(NCCCO)c(C(=O)O)c1. The number of hydrogen-bond acceptors (Lipinski definition) is 5. The van der Waals surface area contributed by atoms with Crippen molar-refractivity contribution in [2.24, 2.45) is 0 Å². The molecule has 0 bridgehead atoms. The van der Waals surface area contributed by atoms with Crippen molar-refractivity contribution in [1.29, 1.82) is 0 Å². The molecule has 124 valence electrons. The lowest BCUT2D eigenvalue weighted by atomic mass is 10.2. The van der Waals surface area contributed by atoms with Gasteiger partial charge in [0, 0.05) is 24.9 Å². The molecule has 0 radical (unpaired) electrons. The van der Waals surface area contributed by atoms with Crippen molar-refractivity contribution >= 4 is 21.7 Å². The predicted molar refractivity (Wildman–Crippen MR) is 83.7 cm³/mol. The average Bonchev–Trinajstić information content (AvgIpc) is 2.46. The van der Waals surface area contributed by atoms with E-state index in [2.05, 4.69) is 10.0 Å². The van der Waals surface area contributed by atoms with Gasteiger partial charge in [0.25, 0.3) is 0 Å². The molecule has 1 aromatic rings. The van der Waals surface area contributed by atoms with Crippen LogP contribution in [0, 0.1) is 0 Å². The molecule has 0 heterocycles. The molecule has 0 saturated heterocycles. The zero-order valence-electron chi connectivity index (χ0n) is 12.7. The quantitative estimate of drug-likeness (QED) is 0.507. The third kappa shape index (κ3) is 4.97. The van der Waals surface area contributed by atoms with Crippen LogP contribution in [0.4, 0.5) is 5.69 Å². The molecule has 0 spiro atoms. The van der Waals surface area contributed by atoms with Gasteiger partial charge in [-0.2, -0.15) is 0 Å². The predicted octanol–water partition coefficient (Wildman–Crippen LogP) is 1.26. The number of nitrogens with one attached hydrogen (secondary N) is 2. The van der Waals surface area contributed by atoms with E-state index in [0.29, 0.717) is 25.1 Å². The van der Waals surface area contributed by atoms with E-state index in [-0.39, 0.29) is 23.1 Å². The molecule has 0 aliphatic heterocycles. The highest BCUT2D eigenvalue weighted by Gasteiger charge is 2.20. The minimum atomic E-state index is -3.75. The summed E-state index contributed by atoms with van der Waals surface area (Å²) >= 11 is 0. The molecule has 4 N–H and O–H groups in total. The normalized spacial score (nSPS) is 12.9. The monoisotopic (exact) mass is 330 g/mol. The van der Waals surface area contributed by atoms with E-state index >= 15 is 0 Å². The molecule has 0 fully saturated rings. The number of anilines is 1. The summed E-state index contributed by atoms with van der Waals surface area (Å²) in [4.78, 5) is 11.2. The van der Waals surface area contributed by atoms with Crippen LogP contribution >= 0.6 is 0 Å². The van der Waals surface area contributed by atoms with Crippen LogP contribution in [0.2, 0.25) is 0 Å². The first-order valence-electron chi connectivity index (χ1n) is 7.06. The molecule has 0 aromatic heterocycles. The molecule has 1 rings (SSSR count). The van der Waals surface area contributed by atoms with Crippen LogP contribution in [0.3, 0.4) is 0 Å². The number of carboxylic acid groups (broad SMARTS) is 1. The Morgan fingerprint density at radius 1 is 1.36 bits per heavy atom. The second-order valence-electron chi connectivity index (χ2n) is 4.95. The van der Waals surface area contributed by atoms with E-state index in [9.17, 15) is 18.3 Å². The van der Waals surface area contributed by atoms with Gasteiger partial charge in [0.05, 0.1) is 10.5 Å². The zero-order valence-corrected chi connectivity index (χ0v) is 13.5. The number of aromatic carboxylic acids is 1. The molecule has 0 amide bonds. The standard InChI is InChI=1S/C14H22N2O5S/c1-3-10(2)16-22(20,21)11-5-6-13(15-7-4-8-17)12(9-11)14(18)19/h5-6,9-10,15-17H,3-4,7-8H2,1-2H3,(H,18,19). The molecule has 8 heteroatoms. The first kappa shape index (κ1) is 18.4. The number of carboxylic acids is 1. The van der Waals surface area contributed by atoms with E-state index in [1.807, 2.05) is 6.92 Å². The van der Waals surface area contributed by atoms with Crippen molar-refractivity contribution in [2.45, 2.75) is 37.6 Å². The Balaban J connectivity index is 3.09. The summed E-state index contributed by atoms with van der Waals surface area (Å²) in [6.45, 7) is 3.97. The number of aliphatic hydroxyl groups is 1. The summed E-state index contributed by atoms with van der Waals surface area (Å²) < 4.78 is 26.9. The molecule has 1 atom stereocenters. The molecule has 22 heavy (non-hydrogen) atoms.